The zero-order valence-electron chi connectivity index (χ0n) is 9.97. The highest BCUT2D eigenvalue weighted by Gasteiger charge is 2.13. The van der Waals surface area contributed by atoms with Crippen LogP contribution in [-0.4, -0.2) is 15.1 Å². The van der Waals surface area contributed by atoms with Crippen LogP contribution in [0, 0.1) is 13.8 Å². The van der Waals surface area contributed by atoms with Crippen molar-refractivity contribution < 1.29 is 9.52 Å². The SMILES string of the molecule is Cc1nc(Sc2ncccc2[C@H](C)O)oc1C. The zero-order chi connectivity index (χ0) is 12.4. The van der Waals surface area contributed by atoms with Crippen molar-refractivity contribution in [3.63, 3.8) is 0 Å². The van der Waals surface area contributed by atoms with E-state index in [2.05, 4.69) is 9.97 Å². The minimum absolute atomic E-state index is 0.552. The molecule has 0 fully saturated rings. The van der Waals surface area contributed by atoms with Crippen molar-refractivity contribution in [2.75, 3.05) is 0 Å². The van der Waals surface area contributed by atoms with Gasteiger partial charge in [-0.1, -0.05) is 6.07 Å². The van der Waals surface area contributed by atoms with E-state index in [4.69, 9.17) is 4.42 Å². The smallest absolute Gasteiger partial charge is 0.262 e. The van der Waals surface area contributed by atoms with Gasteiger partial charge in [0, 0.05) is 11.8 Å². The number of nitrogens with zero attached hydrogens (tertiary/aromatic N) is 2. The van der Waals surface area contributed by atoms with Crippen molar-refractivity contribution in [2.45, 2.75) is 37.1 Å². The maximum atomic E-state index is 9.64. The van der Waals surface area contributed by atoms with Crippen LogP contribution in [0.2, 0.25) is 0 Å². The molecule has 0 amide bonds. The van der Waals surface area contributed by atoms with E-state index < -0.39 is 6.10 Å². The molecule has 0 radical (unpaired) electrons. The molecule has 0 aromatic carbocycles. The molecule has 0 unspecified atom stereocenters. The third kappa shape index (κ3) is 2.68. The molecular formula is C12H14N2O2S. The van der Waals surface area contributed by atoms with Crippen LogP contribution in [0.1, 0.15) is 30.0 Å². The summed E-state index contributed by atoms with van der Waals surface area (Å²) in [6.45, 7) is 5.49. The normalized spacial score (nSPS) is 12.7. The Bertz CT molecular complexity index is 503. The fourth-order valence-corrected chi connectivity index (χ4v) is 2.36. The van der Waals surface area contributed by atoms with Gasteiger partial charge in [-0.2, -0.15) is 0 Å². The Balaban J connectivity index is 2.29. The third-order valence-electron chi connectivity index (χ3n) is 2.44. The number of aryl methyl sites for hydroxylation is 2. The lowest BCUT2D eigenvalue weighted by Gasteiger charge is -2.07. The standard InChI is InChI=1S/C12H14N2O2S/c1-7-9(3)16-12(14-7)17-11-10(8(2)15)5-4-6-13-11/h4-6,8,15H,1-3H3/t8-/m0/s1. The summed E-state index contributed by atoms with van der Waals surface area (Å²) in [4.78, 5) is 8.52. The lowest BCUT2D eigenvalue weighted by Crippen LogP contribution is -1.95. The number of hydrogen-bond donors (Lipinski definition) is 1. The lowest BCUT2D eigenvalue weighted by atomic mass is 10.2. The van der Waals surface area contributed by atoms with Crippen LogP contribution in [-0.2, 0) is 0 Å². The van der Waals surface area contributed by atoms with E-state index in [0.29, 0.717) is 5.22 Å². The van der Waals surface area contributed by atoms with Gasteiger partial charge in [-0.05, 0) is 38.6 Å². The van der Waals surface area contributed by atoms with E-state index in [9.17, 15) is 5.11 Å². The highest BCUT2D eigenvalue weighted by Crippen LogP contribution is 2.31. The minimum atomic E-state index is -0.552. The largest absolute Gasteiger partial charge is 0.436 e. The predicted molar refractivity (Wildman–Crippen MR) is 65.0 cm³/mol. The highest BCUT2D eigenvalue weighted by atomic mass is 32.2. The van der Waals surface area contributed by atoms with Gasteiger partial charge < -0.3 is 9.52 Å². The molecule has 2 aromatic heterocycles. The second kappa shape index (κ2) is 4.89. The maximum absolute atomic E-state index is 9.64. The summed E-state index contributed by atoms with van der Waals surface area (Å²) in [6, 6.07) is 3.65. The van der Waals surface area contributed by atoms with E-state index in [1.165, 1.54) is 11.8 Å². The quantitative estimate of drug-likeness (QED) is 0.907. The summed E-state index contributed by atoms with van der Waals surface area (Å²) >= 11 is 1.33. The fourth-order valence-electron chi connectivity index (χ4n) is 1.38. The molecule has 0 aliphatic heterocycles. The van der Waals surface area contributed by atoms with E-state index in [1.54, 1.807) is 19.2 Å². The molecule has 0 spiro atoms. The Morgan fingerprint density at radius 3 is 2.76 bits per heavy atom. The van der Waals surface area contributed by atoms with Gasteiger partial charge in [0.05, 0.1) is 11.8 Å². The summed E-state index contributed by atoms with van der Waals surface area (Å²) in [5.41, 5.74) is 1.66. The molecule has 2 heterocycles. The van der Waals surface area contributed by atoms with Crippen molar-refractivity contribution in [1.82, 2.24) is 9.97 Å². The van der Waals surface area contributed by atoms with Crippen molar-refractivity contribution >= 4 is 11.8 Å². The van der Waals surface area contributed by atoms with E-state index in [-0.39, 0.29) is 0 Å². The highest BCUT2D eigenvalue weighted by molar-refractivity contribution is 7.99. The van der Waals surface area contributed by atoms with E-state index in [0.717, 1.165) is 22.0 Å². The maximum Gasteiger partial charge on any atom is 0.262 e. The molecular weight excluding hydrogens is 236 g/mol. The van der Waals surface area contributed by atoms with Gasteiger partial charge in [-0.3, -0.25) is 0 Å². The zero-order valence-corrected chi connectivity index (χ0v) is 10.8. The van der Waals surface area contributed by atoms with Crippen LogP contribution in [0.5, 0.6) is 0 Å². The first kappa shape index (κ1) is 12.1. The Morgan fingerprint density at radius 2 is 2.18 bits per heavy atom. The first-order chi connectivity index (χ1) is 8.08. The van der Waals surface area contributed by atoms with Gasteiger partial charge in [0.15, 0.2) is 0 Å². The van der Waals surface area contributed by atoms with Crippen LogP contribution < -0.4 is 0 Å². The number of hydrogen-bond acceptors (Lipinski definition) is 5. The Hall–Kier alpha value is -1.33. The molecule has 2 rings (SSSR count). The molecule has 17 heavy (non-hydrogen) atoms. The number of rotatable bonds is 3. The molecule has 90 valence electrons. The topological polar surface area (TPSA) is 59.2 Å². The molecule has 5 heteroatoms. The van der Waals surface area contributed by atoms with Crippen molar-refractivity contribution in [1.29, 1.82) is 0 Å². The van der Waals surface area contributed by atoms with Gasteiger partial charge in [-0.15, -0.1) is 0 Å². The van der Waals surface area contributed by atoms with Gasteiger partial charge >= 0.3 is 0 Å². The molecule has 0 aliphatic rings. The van der Waals surface area contributed by atoms with Gasteiger partial charge in [0.2, 0.25) is 0 Å². The van der Waals surface area contributed by atoms with Crippen LogP contribution in [0.3, 0.4) is 0 Å². The Kier molecular flexibility index (Phi) is 3.49. The van der Waals surface area contributed by atoms with Crippen LogP contribution in [0.15, 0.2) is 33.0 Å². The van der Waals surface area contributed by atoms with E-state index >= 15 is 0 Å². The Morgan fingerprint density at radius 1 is 1.41 bits per heavy atom. The number of aliphatic hydroxyl groups is 1. The summed E-state index contributed by atoms with van der Waals surface area (Å²) in [5.74, 6) is 0.807. The van der Waals surface area contributed by atoms with Crippen molar-refractivity contribution in [3.8, 4) is 0 Å². The minimum Gasteiger partial charge on any atom is -0.436 e. The average Bonchev–Trinajstić information content (AvgIpc) is 2.58. The first-order valence-corrected chi connectivity index (χ1v) is 6.14. The summed E-state index contributed by atoms with van der Waals surface area (Å²) in [5, 5.41) is 10.9. The Labute approximate surface area is 104 Å². The summed E-state index contributed by atoms with van der Waals surface area (Å²) in [7, 11) is 0. The molecule has 1 atom stereocenters. The van der Waals surface area contributed by atoms with Crippen LogP contribution >= 0.6 is 11.8 Å². The van der Waals surface area contributed by atoms with Crippen LogP contribution in [0.4, 0.5) is 0 Å². The van der Waals surface area contributed by atoms with E-state index in [1.807, 2.05) is 19.9 Å². The second-order valence-electron chi connectivity index (χ2n) is 3.80. The molecule has 0 bridgehead atoms. The van der Waals surface area contributed by atoms with Gasteiger partial charge in [0.25, 0.3) is 5.22 Å². The van der Waals surface area contributed by atoms with Gasteiger partial charge in [-0.25, -0.2) is 9.97 Å². The second-order valence-corrected chi connectivity index (χ2v) is 4.74. The first-order valence-electron chi connectivity index (χ1n) is 5.33. The molecule has 2 aromatic rings. The fraction of sp³-hybridized carbons (Fsp3) is 0.333. The number of oxazole rings is 1. The van der Waals surface area contributed by atoms with Crippen molar-refractivity contribution in [2.24, 2.45) is 0 Å². The van der Waals surface area contributed by atoms with Crippen LogP contribution in [0.25, 0.3) is 0 Å². The van der Waals surface area contributed by atoms with Crippen molar-refractivity contribution in [3.05, 3.63) is 35.3 Å². The molecule has 0 aliphatic carbocycles. The number of aliphatic hydroxyl groups excluding tert-OH is 1. The molecule has 4 nitrogen and oxygen atoms in total. The monoisotopic (exact) mass is 250 g/mol. The number of aromatic nitrogens is 2. The molecule has 0 saturated carbocycles. The predicted octanol–water partition coefficient (Wildman–Crippen LogP) is 2.89. The summed E-state index contributed by atoms with van der Waals surface area (Å²) < 4.78 is 5.48. The number of pyridine rings is 1. The average molecular weight is 250 g/mol. The molecule has 0 saturated heterocycles. The van der Waals surface area contributed by atoms with Gasteiger partial charge in [0.1, 0.15) is 10.8 Å². The third-order valence-corrected chi connectivity index (χ3v) is 3.33. The lowest BCUT2D eigenvalue weighted by molar-refractivity contribution is 0.195. The summed E-state index contributed by atoms with van der Waals surface area (Å²) in [6.07, 6.45) is 1.14. The molecule has 1 N–H and O–H groups in total.